The van der Waals surface area contributed by atoms with Crippen molar-refractivity contribution in [2.24, 2.45) is 5.92 Å². The van der Waals surface area contributed by atoms with Crippen LogP contribution < -0.4 is 20.9 Å². The Bertz CT molecular complexity index is 791. The molecule has 7 heteroatoms. The van der Waals surface area contributed by atoms with Crippen LogP contribution >= 0.6 is 0 Å². The number of likely N-dealkylation sites (tertiary alicyclic amines) is 1. The first-order chi connectivity index (χ1) is 14.2. The average molecular weight is 396 g/mol. The Morgan fingerprint density at radius 2 is 1.86 bits per heavy atom. The molecule has 0 saturated carbocycles. The van der Waals surface area contributed by atoms with E-state index in [-0.39, 0.29) is 5.91 Å². The van der Waals surface area contributed by atoms with Crippen LogP contribution in [0, 0.1) is 5.92 Å². The van der Waals surface area contributed by atoms with Gasteiger partial charge in [-0.1, -0.05) is 0 Å². The third-order valence-corrected chi connectivity index (χ3v) is 5.99. The lowest BCUT2D eigenvalue weighted by Crippen LogP contribution is -2.49. The summed E-state index contributed by atoms with van der Waals surface area (Å²) in [4.78, 5) is 19.0. The van der Waals surface area contributed by atoms with Crippen LogP contribution in [0.25, 0.3) is 0 Å². The zero-order chi connectivity index (χ0) is 20.1. The Kier molecular flexibility index (Phi) is 6.39. The van der Waals surface area contributed by atoms with E-state index in [0.717, 1.165) is 44.6 Å². The van der Waals surface area contributed by atoms with Gasteiger partial charge in [-0.15, -0.1) is 0 Å². The Morgan fingerprint density at radius 1 is 1.14 bits per heavy atom. The van der Waals surface area contributed by atoms with E-state index < -0.39 is 0 Å². The third-order valence-electron chi connectivity index (χ3n) is 5.99. The highest BCUT2D eigenvalue weighted by Gasteiger charge is 2.31. The molecule has 0 spiro atoms. The predicted molar refractivity (Wildman–Crippen MR) is 111 cm³/mol. The maximum Gasteiger partial charge on any atom is 0.251 e. The molecule has 2 unspecified atom stereocenters. The molecule has 29 heavy (non-hydrogen) atoms. The van der Waals surface area contributed by atoms with E-state index >= 15 is 0 Å². The summed E-state index contributed by atoms with van der Waals surface area (Å²) >= 11 is 0. The van der Waals surface area contributed by atoms with Crippen molar-refractivity contribution in [1.82, 2.24) is 26.1 Å². The number of pyridine rings is 1. The Balaban J connectivity index is 1.20. The van der Waals surface area contributed by atoms with Crippen molar-refractivity contribution in [3.63, 3.8) is 0 Å². The lowest BCUT2D eigenvalue weighted by molar-refractivity contribution is 0.0914. The second-order valence-electron chi connectivity index (χ2n) is 7.79. The van der Waals surface area contributed by atoms with Gasteiger partial charge in [-0.3, -0.25) is 14.7 Å². The summed E-state index contributed by atoms with van der Waals surface area (Å²) in [6.45, 7) is 2.83. The molecule has 2 atom stereocenters. The van der Waals surface area contributed by atoms with Gasteiger partial charge in [0.2, 0.25) is 0 Å². The number of nitrogens with one attached hydrogen (secondary N) is 3. The molecular formula is C22H29N5O2. The average Bonchev–Trinajstić information content (AvgIpc) is 3.29. The summed E-state index contributed by atoms with van der Waals surface area (Å²) < 4.78 is 5.14. The largest absolute Gasteiger partial charge is 0.497 e. The van der Waals surface area contributed by atoms with Crippen molar-refractivity contribution in [2.75, 3.05) is 26.7 Å². The number of carbonyl (C=O) groups is 1. The van der Waals surface area contributed by atoms with Crippen molar-refractivity contribution in [2.45, 2.75) is 31.5 Å². The topological polar surface area (TPSA) is 78.5 Å². The molecule has 2 aliphatic rings. The van der Waals surface area contributed by atoms with Gasteiger partial charge in [-0.05, 0) is 80.2 Å². The predicted octanol–water partition coefficient (Wildman–Crippen LogP) is 2.10. The molecule has 1 amide bonds. The van der Waals surface area contributed by atoms with E-state index in [2.05, 4.69) is 38.2 Å². The summed E-state index contributed by atoms with van der Waals surface area (Å²) in [6, 6.07) is 11.7. The lowest BCUT2D eigenvalue weighted by atomic mass is 9.95. The Hall–Kier alpha value is -2.48. The summed E-state index contributed by atoms with van der Waals surface area (Å²) in [5, 5.41) is 3.09. The molecule has 0 aliphatic carbocycles. The SMILES string of the molecule is COc1ccc(C(=O)NCC2CCN(C3CC(c4ccncc4)NN3)CC2)cc1. The van der Waals surface area contributed by atoms with Crippen LogP contribution in [-0.2, 0) is 0 Å². The smallest absolute Gasteiger partial charge is 0.251 e. The highest BCUT2D eigenvalue weighted by molar-refractivity contribution is 5.94. The first-order valence-electron chi connectivity index (χ1n) is 10.3. The fourth-order valence-corrected chi connectivity index (χ4v) is 4.14. The molecule has 3 N–H and O–H groups in total. The Labute approximate surface area is 171 Å². The molecule has 4 rings (SSSR count). The zero-order valence-electron chi connectivity index (χ0n) is 16.8. The molecule has 3 heterocycles. The molecular weight excluding hydrogens is 366 g/mol. The quantitative estimate of drug-likeness (QED) is 0.695. The van der Waals surface area contributed by atoms with Crippen molar-refractivity contribution < 1.29 is 9.53 Å². The molecule has 154 valence electrons. The molecule has 2 saturated heterocycles. The fraction of sp³-hybridized carbons (Fsp3) is 0.455. The van der Waals surface area contributed by atoms with Gasteiger partial charge in [0, 0.05) is 30.5 Å². The number of hydrogen-bond acceptors (Lipinski definition) is 6. The second-order valence-corrected chi connectivity index (χ2v) is 7.79. The van der Waals surface area contributed by atoms with Crippen LogP contribution in [0.3, 0.4) is 0 Å². The van der Waals surface area contributed by atoms with Crippen LogP contribution in [0.15, 0.2) is 48.8 Å². The van der Waals surface area contributed by atoms with E-state index in [1.54, 1.807) is 19.2 Å². The van der Waals surface area contributed by atoms with E-state index in [9.17, 15) is 4.79 Å². The number of benzene rings is 1. The number of aromatic nitrogens is 1. The minimum absolute atomic E-state index is 0.0167. The number of hydrazine groups is 1. The Morgan fingerprint density at radius 3 is 2.55 bits per heavy atom. The minimum atomic E-state index is -0.0167. The first-order valence-corrected chi connectivity index (χ1v) is 10.3. The molecule has 1 aromatic carbocycles. The van der Waals surface area contributed by atoms with Crippen molar-refractivity contribution >= 4 is 5.91 Å². The highest BCUT2D eigenvalue weighted by Crippen LogP contribution is 2.26. The van der Waals surface area contributed by atoms with Crippen LogP contribution in [0.2, 0.25) is 0 Å². The second kappa shape index (κ2) is 9.35. The number of rotatable bonds is 6. The maximum absolute atomic E-state index is 12.3. The van der Waals surface area contributed by atoms with Gasteiger partial charge < -0.3 is 10.1 Å². The van der Waals surface area contributed by atoms with Gasteiger partial charge in [0.25, 0.3) is 5.91 Å². The molecule has 2 fully saturated rings. The maximum atomic E-state index is 12.3. The number of carbonyl (C=O) groups excluding carboxylic acids is 1. The molecule has 1 aromatic heterocycles. The molecule has 0 radical (unpaired) electrons. The number of amides is 1. The minimum Gasteiger partial charge on any atom is -0.497 e. The number of nitrogens with zero attached hydrogens (tertiary/aromatic N) is 2. The highest BCUT2D eigenvalue weighted by atomic mass is 16.5. The van der Waals surface area contributed by atoms with E-state index in [1.165, 1.54) is 5.56 Å². The van der Waals surface area contributed by atoms with Gasteiger partial charge in [0.05, 0.1) is 13.3 Å². The van der Waals surface area contributed by atoms with Crippen LogP contribution in [-0.4, -0.2) is 48.7 Å². The molecule has 0 bridgehead atoms. The van der Waals surface area contributed by atoms with Crippen molar-refractivity contribution in [1.29, 1.82) is 0 Å². The first kappa shape index (κ1) is 19.8. The number of methoxy groups -OCH3 is 1. The monoisotopic (exact) mass is 395 g/mol. The van der Waals surface area contributed by atoms with E-state index in [0.29, 0.717) is 23.7 Å². The number of hydrogen-bond donors (Lipinski definition) is 3. The molecule has 2 aliphatic heterocycles. The third kappa shape index (κ3) is 4.93. The summed E-state index contributed by atoms with van der Waals surface area (Å²) in [5.74, 6) is 1.27. The van der Waals surface area contributed by atoms with Gasteiger partial charge in [-0.2, -0.15) is 0 Å². The summed E-state index contributed by atoms with van der Waals surface area (Å²) in [6.07, 6.45) is 7.28. The fourth-order valence-electron chi connectivity index (χ4n) is 4.14. The number of ether oxygens (including phenoxy) is 1. The molecule has 2 aromatic rings. The van der Waals surface area contributed by atoms with Crippen LogP contribution in [0.1, 0.15) is 41.2 Å². The summed E-state index contributed by atoms with van der Waals surface area (Å²) in [5.41, 5.74) is 8.80. The van der Waals surface area contributed by atoms with Crippen molar-refractivity contribution in [3.8, 4) is 5.75 Å². The van der Waals surface area contributed by atoms with Crippen LogP contribution in [0.4, 0.5) is 0 Å². The van der Waals surface area contributed by atoms with E-state index in [4.69, 9.17) is 4.74 Å². The van der Waals surface area contributed by atoms with Gasteiger partial charge >= 0.3 is 0 Å². The van der Waals surface area contributed by atoms with E-state index in [1.807, 2.05) is 24.5 Å². The van der Waals surface area contributed by atoms with Crippen molar-refractivity contribution in [3.05, 3.63) is 59.9 Å². The lowest BCUT2D eigenvalue weighted by Gasteiger charge is -2.35. The number of piperidine rings is 1. The van der Waals surface area contributed by atoms with Gasteiger partial charge in [0.15, 0.2) is 0 Å². The van der Waals surface area contributed by atoms with Crippen LogP contribution in [0.5, 0.6) is 5.75 Å². The molecule has 7 nitrogen and oxygen atoms in total. The zero-order valence-corrected chi connectivity index (χ0v) is 16.8. The normalized spacial score (nSPS) is 23.1. The summed E-state index contributed by atoms with van der Waals surface area (Å²) in [7, 11) is 1.62. The standard InChI is InChI=1S/C22H29N5O2/c1-29-19-4-2-18(3-5-19)22(28)24-15-16-8-12-27(13-9-16)21-14-20(25-26-21)17-6-10-23-11-7-17/h2-7,10-11,16,20-21,25-26H,8-9,12-15H2,1H3,(H,24,28). The van der Waals surface area contributed by atoms with Gasteiger partial charge in [0.1, 0.15) is 5.75 Å². The van der Waals surface area contributed by atoms with Gasteiger partial charge in [-0.25, -0.2) is 10.9 Å².